The Hall–Kier alpha value is -2.16. The van der Waals surface area contributed by atoms with E-state index >= 15 is 0 Å². The van der Waals surface area contributed by atoms with E-state index in [1.807, 2.05) is 0 Å². The molecule has 3 aromatic rings. The van der Waals surface area contributed by atoms with Crippen LogP contribution in [0.1, 0.15) is 5.56 Å². The number of hydrogen-bond donors (Lipinski definition) is 1. The van der Waals surface area contributed by atoms with Gasteiger partial charge in [-0.2, -0.15) is 4.31 Å². The molecule has 1 amide bonds. The summed E-state index contributed by atoms with van der Waals surface area (Å²) in [6, 6.07) is 15.4. The van der Waals surface area contributed by atoms with Gasteiger partial charge in [-0.15, -0.1) is 0 Å². The lowest BCUT2D eigenvalue weighted by Gasteiger charge is -2.22. The van der Waals surface area contributed by atoms with Crippen LogP contribution >= 0.6 is 34.8 Å². The third-order valence-electron chi connectivity index (χ3n) is 4.26. The molecule has 5 nitrogen and oxygen atoms in total. The molecular formula is C21H16Cl3FN2O3S. The Morgan fingerprint density at radius 1 is 0.903 bits per heavy atom. The third-order valence-corrected chi connectivity index (χ3v) is 6.91. The van der Waals surface area contributed by atoms with E-state index in [1.54, 1.807) is 12.1 Å². The van der Waals surface area contributed by atoms with Gasteiger partial charge < -0.3 is 5.32 Å². The molecule has 3 rings (SSSR count). The van der Waals surface area contributed by atoms with Crippen LogP contribution in [0.5, 0.6) is 0 Å². The number of carbonyl (C=O) groups is 1. The molecule has 0 bridgehead atoms. The molecule has 3 aromatic carbocycles. The minimum Gasteiger partial charge on any atom is -0.325 e. The molecule has 0 heterocycles. The first kappa shape index (κ1) is 23.5. The quantitative estimate of drug-likeness (QED) is 0.457. The lowest BCUT2D eigenvalue weighted by Crippen LogP contribution is -2.37. The van der Waals surface area contributed by atoms with Crippen molar-refractivity contribution in [1.82, 2.24) is 4.31 Å². The monoisotopic (exact) mass is 500 g/mol. The highest BCUT2D eigenvalue weighted by atomic mass is 35.5. The summed E-state index contributed by atoms with van der Waals surface area (Å²) in [4.78, 5) is 12.6. The Balaban J connectivity index is 1.90. The molecule has 0 unspecified atom stereocenters. The maximum Gasteiger partial charge on any atom is 0.243 e. The molecule has 0 spiro atoms. The van der Waals surface area contributed by atoms with Crippen LogP contribution in [0.4, 0.5) is 10.1 Å². The summed E-state index contributed by atoms with van der Waals surface area (Å²) in [6.45, 7) is -0.668. The number of benzene rings is 3. The Kier molecular flexibility index (Phi) is 7.56. The number of sulfonamides is 1. The van der Waals surface area contributed by atoms with E-state index in [2.05, 4.69) is 5.32 Å². The minimum atomic E-state index is -4.07. The second kappa shape index (κ2) is 9.97. The fourth-order valence-electron chi connectivity index (χ4n) is 2.72. The van der Waals surface area contributed by atoms with E-state index in [0.29, 0.717) is 21.3 Å². The molecule has 10 heteroatoms. The number of anilines is 1. The van der Waals surface area contributed by atoms with E-state index < -0.39 is 28.3 Å². The molecule has 0 radical (unpaired) electrons. The molecule has 162 valence electrons. The van der Waals surface area contributed by atoms with Gasteiger partial charge in [0.15, 0.2) is 0 Å². The van der Waals surface area contributed by atoms with Gasteiger partial charge in [0.05, 0.1) is 11.4 Å². The van der Waals surface area contributed by atoms with Crippen molar-refractivity contribution in [1.29, 1.82) is 0 Å². The van der Waals surface area contributed by atoms with Gasteiger partial charge >= 0.3 is 0 Å². The Morgan fingerprint density at radius 3 is 2.13 bits per heavy atom. The van der Waals surface area contributed by atoms with Crippen LogP contribution in [0, 0.1) is 5.82 Å². The maximum absolute atomic E-state index is 13.2. The van der Waals surface area contributed by atoms with Gasteiger partial charge in [0.2, 0.25) is 15.9 Å². The first-order valence-electron chi connectivity index (χ1n) is 8.90. The maximum atomic E-state index is 13.2. The molecule has 0 atom stereocenters. The van der Waals surface area contributed by atoms with Gasteiger partial charge in [0.25, 0.3) is 0 Å². The normalized spacial score (nSPS) is 11.5. The SMILES string of the molecule is O=C(CN(Cc1ccc(Cl)cc1Cl)S(=O)(=O)c1ccc(Cl)cc1)Nc1ccc(F)cc1. The van der Waals surface area contributed by atoms with Crippen molar-refractivity contribution in [2.24, 2.45) is 0 Å². The van der Waals surface area contributed by atoms with E-state index in [9.17, 15) is 17.6 Å². The number of nitrogens with one attached hydrogen (secondary N) is 1. The lowest BCUT2D eigenvalue weighted by molar-refractivity contribution is -0.116. The molecule has 0 saturated heterocycles. The summed E-state index contributed by atoms with van der Waals surface area (Å²) < 4.78 is 40.6. The minimum absolute atomic E-state index is 0.0310. The summed E-state index contributed by atoms with van der Waals surface area (Å²) in [5.74, 6) is -1.06. The zero-order valence-corrected chi connectivity index (χ0v) is 18.9. The van der Waals surface area contributed by atoms with E-state index in [-0.39, 0.29) is 16.5 Å². The van der Waals surface area contributed by atoms with Crippen molar-refractivity contribution < 1.29 is 17.6 Å². The summed E-state index contributed by atoms with van der Waals surface area (Å²) in [6.07, 6.45) is 0. The molecule has 31 heavy (non-hydrogen) atoms. The highest BCUT2D eigenvalue weighted by Crippen LogP contribution is 2.26. The summed E-state index contributed by atoms with van der Waals surface area (Å²) >= 11 is 18.0. The van der Waals surface area contributed by atoms with Crippen molar-refractivity contribution in [3.63, 3.8) is 0 Å². The van der Waals surface area contributed by atoms with Crippen LogP contribution in [-0.4, -0.2) is 25.2 Å². The zero-order valence-electron chi connectivity index (χ0n) is 15.9. The highest BCUT2D eigenvalue weighted by Gasteiger charge is 2.27. The van der Waals surface area contributed by atoms with E-state index in [1.165, 1.54) is 54.6 Å². The summed E-state index contributed by atoms with van der Waals surface area (Å²) in [5, 5.41) is 3.59. The molecule has 0 fully saturated rings. The smallest absolute Gasteiger partial charge is 0.243 e. The zero-order chi connectivity index (χ0) is 22.6. The number of halogens is 4. The second-order valence-electron chi connectivity index (χ2n) is 6.52. The second-order valence-corrected chi connectivity index (χ2v) is 9.74. The van der Waals surface area contributed by atoms with Crippen LogP contribution in [0.3, 0.4) is 0 Å². The van der Waals surface area contributed by atoms with Crippen molar-refractivity contribution in [2.75, 3.05) is 11.9 Å². The van der Waals surface area contributed by atoms with Gasteiger partial charge in [0, 0.05) is 27.3 Å². The largest absolute Gasteiger partial charge is 0.325 e. The lowest BCUT2D eigenvalue weighted by atomic mass is 10.2. The Bertz CT molecular complexity index is 1190. The highest BCUT2D eigenvalue weighted by molar-refractivity contribution is 7.89. The first-order chi connectivity index (χ1) is 14.6. The van der Waals surface area contributed by atoms with Gasteiger partial charge in [-0.05, 0) is 66.2 Å². The number of rotatable bonds is 7. The Morgan fingerprint density at radius 2 is 1.52 bits per heavy atom. The predicted molar refractivity (Wildman–Crippen MR) is 121 cm³/mol. The van der Waals surface area contributed by atoms with Crippen LogP contribution in [0.15, 0.2) is 71.6 Å². The van der Waals surface area contributed by atoms with E-state index in [0.717, 1.165) is 4.31 Å². The van der Waals surface area contributed by atoms with Gasteiger partial charge in [-0.3, -0.25) is 4.79 Å². The van der Waals surface area contributed by atoms with Crippen LogP contribution < -0.4 is 5.32 Å². The van der Waals surface area contributed by atoms with E-state index in [4.69, 9.17) is 34.8 Å². The molecule has 1 N–H and O–H groups in total. The van der Waals surface area contributed by atoms with Gasteiger partial charge in [-0.25, -0.2) is 12.8 Å². The average Bonchev–Trinajstić information content (AvgIpc) is 2.71. The summed E-state index contributed by atoms with van der Waals surface area (Å²) in [5.41, 5.74) is 0.804. The number of hydrogen-bond acceptors (Lipinski definition) is 3. The fourth-order valence-corrected chi connectivity index (χ4v) is 4.68. The first-order valence-corrected chi connectivity index (χ1v) is 11.5. The number of carbonyl (C=O) groups excluding carboxylic acids is 1. The van der Waals surface area contributed by atoms with Crippen LogP contribution in [0.2, 0.25) is 15.1 Å². The Labute approximate surface area is 194 Å². The van der Waals surface area contributed by atoms with Crippen molar-refractivity contribution in [3.8, 4) is 0 Å². The molecule has 0 aliphatic carbocycles. The van der Waals surface area contributed by atoms with Crippen LogP contribution in [-0.2, 0) is 21.4 Å². The van der Waals surface area contributed by atoms with Gasteiger partial charge in [0.1, 0.15) is 5.82 Å². The molecular weight excluding hydrogens is 486 g/mol. The number of amides is 1. The van der Waals surface area contributed by atoms with Crippen molar-refractivity contribution in [3.05, 3.63) is 93.2 Å². The summed E-state index contributed by atoms with van der Waals surface area (Å²) in [7, 11) is -4.07. The molecule has 0 aromatic heterocycles. The third kappa shape index (κ3) is 6.18. The molecule has 0 saturated carbocycles. The average molecular weight is 502 g/mol. The standard InChI is InChI=1S/C21H16Cl3FN2O3S/c22-15-3-9-19(10-4-15)31(29,30)27(12-14-1-2-16(23)11-20(14)24)13-21(28)26-18-7-5-17(25)6-8-18/h1-11H,12-13H2,(H,26,28). The van der Waals surface area contributed by atoms with Crippen LogP contribution in [0.25, 0.3) is 0 Å². The molecule has 0 aliphatic heterocycles. The topological polar surface area (TPSA) is 66.5 Å². The van der Waals surface area contributed by atoms with Crippen molar-refractivity contribution >= 4 is 56.4 Å². The van der Waals surface area contributed by atoms with Gasteiger partial charge in [-0.1, -0.05) is 40.9 Å². The number of nitrogens with zero attached hydrogens (tertiary/aromatic N) is 1. The van der Waals surface area contributed by atoms with Crippen molar-refractivity contribution in [2.45, 2.75) is 11.4 Å². The fraction of sp³-hybridized carbons (Fsp3) is 0.0952. The predicted octanol–water partition coefficient (Wildman–Crippen LogP) is 5.62. The molecule has 0 aliphatic rings.